The first kappa shape index (κ1) is 17.4. The lowest BCUT2D eigenvalue weighted by Crippen LogP contribution is -2.25. The van der Waals surface area contributed by atoms with Gasteiger partial charge in [0, 0.05) is 27.8 Å². The van der Waals surface area contributed by atoms with Gasteiger partial charge < -0.3 is 10.1 Å². The van der Waals surface area contributed by atoms with E-state index in [4.69, 9.17) is 11.6 Å². The van der Waals surface area contributed by atoms with Gasteiger partial charge >= 0.3 is 5.97 Å². The summed E-state index contributed by atoms with van der Waals surface area (Å²) in [6.45, 7) is 0.547. The van der Waals surface area contributed by atoms with Crippen molar-refractivity contribution in [2.75, 3.05) is 19.4 Å². The summed E-state index contributed by atoms with van der Waals surface area (Å²) in [6, 6.07) is 13.9. The summed E-state index contributed by atoms with van der Waals surface area (Å²) in [5.74, 6) is 0.169. The summed E-state index contributed by atoms with van der Waals surface area (Å²) in [4.78, 5) is 24.4. The van der Waals surface area contributed by atoms with Gasteiger partial charge in [-0.3, -0.25) is 4.79 Å². The fraction of sp³-hybridized carbons (Fsp3) is 0.176. The van der Waals surface area contributed by atoms with Crippen molar-refractivity contribution in [3.05, 3.63) is 64.7 Å². The number of halogens is 1. The molecule has 1 amide bonds. The van der Waals surface area contributed by atoms with E-state index in [2.05, 4.69) is 10.1 Å². The van der Waals surface area contributed by atoms with Gasteiger partial charge in [0.15, 0.2) is 0 Å². The van der Waals surface area contributed by atoms with E-state index < -0.39 is 5.97 Å². The van der Waals surface area contributed by atoms with Crippen LogP contribution >= 0.6 is 23.4 Å². The summed E-state index contributed by atoms with van der Waals surface area (Å²) in [6.07, 6.45) is 0. The quantitative estimate of drug-likeness (QED) is 0.491. The van der Waals surface area contributed by atoms with Crippen LogP contribution in [0.1, 0.15) is 20.7 Å². The lowest BCUT2D eigenvalue weighted by atomic mass is 10.1. The van der Waals surface area contributed by atoms with E-state index in [1.54, 1.807) is 36.0 Å². The van der Waals surface area contributed by atoms with Crippen LogP contribution in [0.3, 0.4) is 0 Å². The maximum atomic E-state index is 12.0. The fourth-order valence-corrected chi connectivity index (χ4v) is 2.74. The van der Waals surface area contributed by atoms with Crippen molar-refractivity contribution < 1.29 is 14.3 Å². The van der Waals surface area contributed by atoms with Crippen molar-refractivity contribution in [1.82, 2.24) is 5.32 Å². The lowest BCUT2D eigenvalue weighted by Gasteiger charge is -2.06. The predicted octanol–water partition coefficient (Wildman–Crippen LogP) is 3.65. The molecule has 0 aliphatic heterocycles. The number of carbonyl (C=O) groups excluding carboxylic acids is 2. The third-order valence-electron chi connectivity index (χ3n) is 3.04. The van der Waals surface area contributed by atoms with E-state index in [1.807, 2.05) is 24.3 Å². The van der Waals surface area contributed by atoms with E-state index in [9.17, 15) is 9.59 Å². The first-order valence-electron chi connectivity index (χ1n) is 6.95. The van der Waals surface area contributed by atoms with Crippen LogP contribution in [0, 0.1) is 0 Å². The highest BCUT2D eigenvalue weighted by atomic mass is 35.5. The Labute approximate surface area is 144 Å². The Bertz CT molecular complexity index is 671. The fourth-order valence-electron chi connectivity index (χ4n) is 1.84. The molecule has 0 saturated heterocycles. The molecule has 0 heterocycles. The van der Waals surface area contributed by atoms with Gasteiger partial charge in [0.25, 0.3) is 5.91 Å². The van der Waals surface area contributed by atoms with Crippen molar-refractivity contribution in [1.29, 1.82) is 0 Å². The molecule has 0 saturated carbocycles. The summed E-state index contributed by atoms with van der Waals surface area (Å²) < 4.78 is 4.61. The number of rotatable bonds is 6. The maximum Gasteiger partial charge on any atom is 0.337 e. The van der Waals surface area contributed by atoms with Crippen molar-refractivity contribution in [2.24, 2.45) is 0 Å². The molecular formula is C17H16ClNO3S. The van der Waals surface area contributed by atoms with Gasteiger partial charge in [0.1, 0.15) is 0 Å². The van der Waals surface area contributed by atoms with Crippen LogP contribution in [0.2, 0.25) is 5.02 Å². The van der Waals surface area contributed by atoms with Crippen LogP contribution < -0.4 is 5.32 Å². The first-order chi connectivity index (χ1) is 11.1. The molecular weight excluding hydrogens is 334 g/mol. The van der Waals surface area contributed by atoms with Crippen molar-refractivity contribution >= 4 is 35.2 Å². The average Bonchev–Trinajstić information content (AvgIpc) is 2.59. The molecule has 1 N–H and O–H groups in total. The van der Waals surface area contributed by atoms with E-state index in [0.717, 1.165) is 10.6 Å². The van der Waals surface area contributed by atoms with Crippen LogP contribution in [0.5, 0.6) is 0 Å². The summed E-state index contributed by atoms with van der Waals surface area (Å²) in [5.41, 5.74) is 0.927. The Morgan fingerprint density at radius 3 is 2.26 bits per heavy atom. The molecule has 4 nitrogen and oxygen atoms in total. The second-order valence-corrected chi connectivity index (χ2v) is 6.23. The minimum atomic E-state index is -0.420. The molecule has 0 fully saturated rings. The van der Waals surface area contributed by atoms with Gasteiger partial charge in [0.2, 0.25) is 0 Å². The largest absolute Gasteiger partial charge is 0.465 e. The second-order valence-electron chi connectivity index (χ2n) is 4.63. The molecule has 6 heteroatoms. The third-order valence-corrected chi connectivity index (χ3v) is 4.30. The second kappa shape index (κ2) is 8.60. The minimum Gasteiger partial charge on any atom is -0.465 e. The zero-order valence-electron chi connectivity index (χ0n) is 12.5. The van der Waals surface area contributed by atoms with E-state index in [1.165, 1.54) is 7.11 Å². The number of amides is 1. The molecule has 120 valence electrons. The summed E-state index contributed by atoms with van der Waals surface area (Å²) >= 11 is 7.47. The number of methoxy groups -OCH3 is 1. The van der Waals surface area contributed by atoms with Crippen molar-refractivity contribution in [3.63, 3.8) is 0 Å². The van der Waals surface area contributed by atoms with E-state index in [-0.39, 0.29) is 5.91 Å². The normalized spacial score (nSPS) is 10.2. The average molecular weight is 350 g/mol. The molecule has 0 aliphatic carbocycles. The van der Waals surface area contributed by atoms with Gasteiger partial charge in [-0.15, -0.1) is 11.8 Å². The van der Waals surface area contributed by atoms with Gasteiger partial charge in [-0.05, 0) is 48.5 Å². The first-order valence-corrected chi connectivity index (χ1v) is 8.31. The predicted molar refractivity (Wildman–Crippen MR) is 92.3 cm³/mol. The van der Waals surface area contributed by atoms with Crippen LogP contribution in [0.15, 0.2) is 53.4 Å². The number of hydrogen-bond donors (Lipinski definition) is 1. The topological polar surface area (TPSA) is 55.4 Å². The highest BCUT2D eigenvalue weighted by molar-refractivity contribution is 7.99. The molecule has 0 aromatic heterocycles. The Hall–Kier alpha value is -1.98. The Kier molecular flexibility index (Phi) is 6.50. The molecule has 23 heavy (non-hydrogen) atoms. The molecule has 2 aromatic carbocycles. The maximum absolute atomic E-state index is 12.0. The smallest absolute Gasteiger partial charge is 0.337 e. The SMILES string of the molecule is COC(=O)c1ccc(C(=O)NCCSc2ccc(Cl)cc2)cc1. The van der Waals surface area contributed by atoms with Gasteiger partial charge in [-0.1, -0.05) is 11.6 Å². The summed E-state index contributed by atoms with van der Waals surface area (Å²) in [5, 5.41) is 3.55. The number of ether oxygens (including phenoxy) is 1. The zero-order valence-corrected chi connectivity index (χ0v) is 14.1. The lowest BCUT2D eigenvalue weighted by molar-refractivity contribution is 0.0600. The Morgan fingerprint density at radius 2 is 1.65 bits per heavy atom. The molecule has 0 bridgehead atoms. The van der Waals surface area contributed by atoms with Gasteiger partial charge in [-0.2, -0.15) is 0 Å². The molecule has 0 atom stereocenters. The zero-order chi connectivity index (χ0) is 16.7. The van der Waals surface area contributed by atoms with Crippen molar-refractivity contribution in [3.8, 4) is 0 Å². The number of thioether (sulfide) groups is 1. The van der Waals surface area contributed by atoms with Gasteiger partial charge in [-0.25, -0.2) is 4.79 Å². The molecule has 0 unspecified atom stereocenters. The van der Waals surface area contributed by atoms with Crippen LogP contribution in [0.25, 0.3) is 0 Å². The Balaban J connectivity index is 1.78. The standard InChI is InChI=1S/C17H16ClNO3S/c1-22-17(21)13-4-2-12(3-5-13)16(20)19-10-11-23-15-8-6-14(18)7-9-15/h2-9H,10-11H2,1H3,(H,19,20). The number of nitrogens with one attached hydrogen (secondary N) is 1. The monoisotopic (exact) mass is 349 g/mol. The third kappa shape index (κ3) is 5.30. The van der Waals surface area contributed by atoms with Crippen LogP contribution in [-0.2, 0) is 4.74 Å². The number of esters is 1. The van der Waals surface area contributed by atoms with E-state index >= 15 is 0 Å². The van der Waals surface area contributed by atoms with E-state index in [0.29, 0.717) is 22.7 Å². The molecule has 2 rings (SSSR count). The Morgan fingerprint density at radius 1 is 1.04 bits per heavy atom. The van der Waals surface area contributed by atoms with Crippen molar-refractivity contribution in [2.45, 2.75) is 4.90 Å². The number of benzene rings is 2. The van der Waals surface area contributed by atoms with Gasteiger partial charge in [0.05, 0.1) is 12.7 Å². The van der Waals surface area contributed by atoms with Crippen LogP contribution in [-0.4, -0.2) is 31.3 Å². The highest BCUT2D eigenvalue weighted by Gasteiger charge is 2.08. The molecule has 0 radical (unpaired) electrons. The molecule has 0 aliphatic rings. The highest BCUT2D eigenvalue weighted by Crippen LogP contribution is 2.19. The van der Waals surface area contributed by atoms with Crippen LogP contribution in [0.4, 0.5) is 0 Å². The molecule has 0 spiro atoms. The molecule has 2 aromatic rings. The number of carbonyl (C=O) groups is 2. The minimum absolute atomic E-state index is 0.168. The summed E-state index contributed by atoms with van der Waals surface area (Å²) in [7, 11) is 1.32. The number of hydrogen-bond acceptors (Lipinski definition) is 4.